The second kappa shape index (κ2) is 14.1. The number of benzene rings is 2. The van der Waals surface area contributed by atoms with Crippen molar-refractivity contribution in [3.63, 3.8) is 0 Å². The maximum absolute atomic E-state index is 12.7. The summed E-state index contributed by atoms with van der Waals surface area (Å²) in [7, 11) is 7.89. The number of amides is 1. The monoisotopic (exact) mass is 635 g/mol. The van der Waals surface area contributed by atoms with Gasteiger partial charge in [-0.1, -0.05) is 25.6 Å². The summed E-state index contributed by atoms with van der Waals surface area (Å²) in [6, 6.07) is 10.5. The number of hydrogen-bond acceptors (Lipinski definition) is 11. The van der Waals surface area contributed by atoms with Crippen molar-refractivity contribution in [1.29, 1.82) is 0 Å². The van der Waals surface area contributed by atoms with Gasteiger partial charge in [0, 0.05) is 75.2 Å². The Morgan fingerprint density at radius 2 is 1.80 bits per heavy atom. The van der Waals surface area contributed by atoms with Crippen LogP contribution in [0.3, 0.4) is 0 Å². The fourth-order valence-corrected chi connectivity index (χ4v) is 4.69. The van der Waals surface area contributed by atoms with Crippen molar-refractivity contribution in [2.24, 2.45) is 7.05 Å². The predicted molar refractivity (Wildman–Crippen MR) is 177 cm³/mol. The Bertz CT molecular complexity index is 1750. The number of para-hydroxylation sites is 1. The number of rotatable bonds is 10. The van der Waals surface area contributed by atoms with Crippen molar-refractivity contribution in [2.45, 2.75) is 33.8 Å². The highest BCUT2D eigenvalue weighted by Gasteiger charge is 2.25. The molecule has 1 N–H and O–H groups in total. The first-order chi connectivity index (χ1) is 21.2. The number of carbonyl (C=O) groups is 2. The lowest BCUT2D eigenvalue weighted by atomic mass is 10.1. The fraction of sp³-hybridized carbons (Fsp3) is 0.375. The molecule has 0 saturated carbocycles. The second-order valence-corrected chi connectivity index (χ2v) is 11.4. The molecule has 14 nitrogen and oxygen atoms in total. The predicted octanol–water partition coefficient (Wildman–Crippen LogP) is 6.02. The maximum Gasteiger partial charge on any atom is 0.410 e. The molecule has 0 unspecified atom stereocenters. The summed E-state index contributed by atoms with van der Waals surface area (Å²) in [4.78, 5) is 48.7. The van der Waals surface area contributed by atoms with Gasteiger partial charge in [0.15, 0.2) is 0 Å². The minimum Gasteiger partial charge on any atom is -0.494 e. The van der Waals surface area contributed by atoms with Gasteiger partial charge in [-0.15, -0.1) is 0 Å². The van der Waals surface area contributed by atoms with Gasteiger partial charge in [0.05, 0.1) is 30.5 Å². The topological polar surface area (TPSA) is 154 Å². The van der Waals surface area contributed by atoms with E-state index in [9.17, 15) is 19.7 Å². The highest BCUT2D eigenvalue weighted by molar-refractivity contribution is 6.03. The van der Waals surface area contributed by atoms with Gasteiger partial charge >= 0.3 is 12.1 Å². The summed E-state index contributed by atoms with van der Waals surface area (Å²) >= 11 is 0. The van der Waals surface area contributed by atoms with Gasteiger partial charge in [0.25, 0.3) is 5.69 Å². The van der Waals surface area contributed by atoms with Crippen LogP contribution < -0.4 is 15.0 Å². The number of nitro benzene ring substituents is 1. The normalized spacial score (nSPS) is 11.0. The molecule has 14 heteroatoms. The van der Waals surface area contributed by atoms with Crippen LogP contribution in [0.4, 0.5) is 27.8 Å². The largest absolute Gasteiger partial charge is 0.494 e. The smallest absolute Gasteiger partial charge is 0.410 e. The second-order valence-electron chi connectivity index (χ2n) is 11.4. The van der Waals surface area contributed by atoms with Crippen molar-refractivity contribution in [3.05, 3.63) is 64.5 Å². The SMILES string of the molecule is C.COC(=O)c1cnc(Nc2cc([N+](=O)[O-])c(N(C)CCN(C)C(=O)OC(C)(C)C)cc2OC)nc1-c1cn(C)c2ccccc12. The zero-order valence-electron chi connectivity index (χ0n) is 26.6. The van der Waals surface area contributed by atoms with Crippen LogP contribution in [0.25, 0.3) is 22.2 Å². The van der Waals surface area contributed by atoms with Crippen molar-refractivity contribution in [3.8, 4) is 17.0 Å². The van der Waals surface area contributed by atoms with E-state index in [0.717, 1.165) is 10.9 Å². The van der Waals surface area contributed by atoms with E-state index < -0.39 is 22.6 Å². The van der Waals surface area contributed by atoms with E-state index in [0.29, 0.717) is 11.3 Å². The molecule has 1 amide bonds. The number of anilines is 3. The first kappa shape index (κ1) is 35.1. The number of nitrogens with zero attached hydrogens (tertiary/aromatic N) is 6. The summed E-state index contributed by atoms with van der Waals surface area (Å²) < 4.78 is 17.9. The molecule has 4 rings (SSSR count). The molecule has 0 spiro atoms. The number of aryl methyl sites for hydroxylation is 1. The fourth-order valence-electron chi connectivity index (χ4n) is 4.69. The molecule has 0 saturated heterocycles. The van der Waals surface area contributed by atoms with E-state index in [1.165, 1.54) is 37.4 Å². The van der Waals surface area contributed by atoms with Gasteiger partial charge in [-0.3, -0.25) is 10.1 Å². The molecule has 246 valence electrons. The van der Waals surface area contributed by atoms with E-state index in [4.69, 9.17) is 14.2 Å². The van der Waals surface area contributed by atoms with Crippen molar-refractivity contribution in [2.75, 3.05) is 51.6 Å². The zero-order valence-corrected chi connectivity index (χ0v) is 26.6. The number of fused-ring (bicyclic) bond motifs is 1. The molecule has 0 aliphatic heterocycles. The average Bonchev–Trinajstić information content (AvgIpc) is 3.34. The Hall–Kier alpha value is -5.40. The Kier molecular flexibility index (Phi) is 10.8. The third-order valence-electron chi connectivity index (χ3n) is 6.97. The average molecular weight is 636 g/mol. The molecule has 2 heterocycles. The highest BCUT2D eigenvalue weighted by Crippen LogP contribution is 2.39. The Labute approximate surface area is 268 Å². The third-order valence-corrected chi connectivity index (χ3v) is 6.97. The lowest BCUT2D eigenvalue weighted by Crippen LogP contribution is -2.38. The lowest BCUT2D eigenvalue weighted by molar-refractivity contribution is -0.384. The number of carbonyl (C=O) groups excluding carboxylic acids is 2. The van der Waals surface area contributed by atoms with Crippen LogP contribution in [0, 0.1) is 10.1 Å². The Balaban J connectivity index is 0.00000576. The molecular weight excluding hydrogens is 594 g/mol. The molecule has 0 atom stereocenters. The van der Waals surface area contributed by atoms with Gasteiger partial charge in [0.1, 0.15) is 22.6 Å². The Morgan fingerprint density at radius 1 is 1.11 bits per heavy atom. The summed E-state index contributed by atoms with van der Waals surface area (Å²) in [5.74, 6) is -0.240. The van der Waals surface area contributed by atoms with Crippen LogP contribution in [0.5, 0.6) is 5.75 Å². The summed E-state index contributed by atoms with van der Waals surface area (Å²) in [5.41, 5.74) is 1.77. The minimum absolute atomic E-state index is 0. The van der Waals surface area contributed by atoms with E-state index in [1.807, 2.05) is 42.1 Å². The van der Waals surface area contributed by atoms with E-state index in [2.05, 4.69) is 15.3 Å². The van der Waals surface area contributed by atoms with Gasteiger partial charge in [-0.2, -0.15) is 0 Å². The number of esters is 1. The van der Waals surface area contributed by atoms with Crippen LogP contribution in [-0.2, 0) is 16.5 Å². The molecule has 46 heavy (non-hydrogen) atoms. The van der Waals surface area contributed by atoms with Crippen LogP contribution in [0.2, 0.25) is 0 Å². The van der Waals surface area contributed by atoms with Gasteiger partial charge in [0.2, 0.25) is 5.95 Å². The van der Waals surface area contributed by atoms with Gasteiger partial charge < -0.3 is 33.9 Å². The number of likely N-dealkylation sites (N-methyl/N-ethyl adjacent to an activating group) is 2. The molecule has 2 aromatic carbocycles. The van der Waals surface area contributed by atoms with E-state index in [1.54, 1.807) is 39.8 Å². The van der Waals surface area contributed by atoms with Crippen molar-refractivity contribution >= 4 is 46.0 Å². The molecule has 0 bridgehead atoms. The number of nitro groups is 1. The van der Waals surface area contributed by atoms with Crippen LogP contribution in [-0.4, -0.2) is 83.4 Å². The summed E-state index contributed by atoms with van der Waals surface area (Å²) in [5, 5.41) is 16.1. The van der Waals surface area contributed by atoms with E-state index >= 15 is 0 Å². The maximum atomic E-state index is 12.7. The number of ether oxygens (including phenoxy) is 3. The molecule has 0 radical (unpaired) electrons. The number of methoxy groups -OCH3 is 2. The number of hydrogen-bond donors (Lipinski definition) is 1. The lowest BCUT2D eigenvalue weighted by Gasteiger charge is -2.27. The van der Waals surface area contributed by atoms with Gasteiger partial charge in [-0.25, -0.2) is 19.6 Å². The quantitative estimate of drug-likeness (QED) is 0.124. The summed E-state index contributed by atoms with van der Waals surface area (Å²) in [6.45, 7) is 5.86. The highest BCUT2D eigenvalue weighted by atomic mass is 16.6. The zero-order chi connectivity index (χ0) is 33.1. The molecule has 0 fully saturated rings. The first-order valence-electron chi connectivity index (χ1n) is 14.0. The first-order valence-corrected chi connectivity index (χ1v) is 14.0. The van der Waals surface area contributed by atoms with E-state index in [-0.39, 0.29) is 54.8 Å². The molecule has 0 aliphatic carbocycles. The summed E-state index contributed by atoms with van der Waals surface area (Å²) in [6.07, 6.45) is 2.71. The van der Waals surface area contributed by atoms with Gasteiger partial charge in [-0.05, 0) is 26.8 Å². The molecular formula is C32H41N7O7. The standard InChI is InChI=1S/C31H37N7O7.CH4/c1-31(2,3)45-30(40)36(5)14-13-35(4)24-16-26(43-7)22(15-25(24)38(41)42)33-29-32-17-20(28(39)44-8)27(34-29)21-18-37(6)23-12-10-9-11-19(21)23;/h9-12,15-18H,13-14H2,1-8H3,(H,32,33,34);1H4. The molecule has 4 aromatic rings. The number of aromatic nitrogens is 3. The van der Waals surface area contributed by atoms with Crippen LogP contribution in [0.15, 0.2) is 48.8 Å². The van der Waals surface area contributed by atoms with Crippen LogP contribution in [0.1, 0.15) is 38.6 Å². The number of nitrogens with one attached hydrogen (secondary N) is 1. The Morgan fingerprint density at radius 3 is 2.43 bits per heavy atom. The van der Waals surface area contributed by atoms with Crippen molar-refractivity contribution in [1.82, 2.24) is 19.4 Å². The molecule has 0 aliphatic rings. The molecule has 2 aromatic heterocycles. The van der Waals surface area contributed by atoms with Crippen molar-refractivity contribution < 1.29 is 28.7 Å². The minimum atomic E-state index is -0.648. The van der Waals surface area contributed by atoms with Crippen LogP contribution >= 0.6 is 0 Å². The third kappa shape index (κ3) is 7.62.